The number of nitrogens with zero attached hydrogens (tertiary/aromatic N) is 2. The zero-order chi connectivity index (χ0) is 20.1. The van der Waals surface area contributed by atoms with Gasteiger partial charge in [0.25, 0.3) is 11.1 Å². The van der Waals surface area contributed by atoms with E-state index in [1.165, 1.54) is 17.3 Å². The van der Waals surface area contributed by atoms with E-state index in [1.807, 2.05) is 85.8 Å². The summed E-state index contributed by atoms with van der Waals surface area (Å²) >= 11 is 1.47. The molecule has 6 heteroatoms. The molecule has 0 bridgehead atoms. The molecule has 0 spiro atoms. The number of benzene rings is 3. The Morgan fingerprint density at radius 3 is 2.38 bits per heavy atom. The van der Waals surface area contributed by atoms with E-state index >= 15 is 0 Å². The zero-order valence-corrected chi connectivity index (χ0v) is 16.6. The normalized spacial score (nSPS) is 10.7. The van der Waals surface area contributed by atoms with Crippen LogP contribution in [0.25, 0.3) is 11.5 Å². The van der Waals surface area contributed by atoms with Crippen LogP contribution in [0.3, 0.4) is 0 Å². The first kappa shape index (κ1) is 19.0. The molecule has 5 nitrogen and oxygen atoms in total. The van der Waals surface area contributed by atoms with Gasteiger partial charge in [-0.15, -0.1) is 10.2 Å². The molecule has 0 atom stereocenters. The Bertz CT molecular complexity index is 1090. The third-order valence-electron chi connectivity index (χ3n) is 4.32. The predicted molar refractivity (Wildman–Crippen MR) is 115 cm³/mol. The highest BCUT2D eigenvalue weighted by molar-refractivity contribution is 7.98. The van der Waals surface area contributed by atoms with Gasteiger partial charge in [-0.1, -0.05) is 59.8 Å². The number of thioether (sulfide) groups is 1. The number of rotatable bonds is 6. The highest BCUT2D eigenvalue weighted by Gasteiger charge is 2.10. The molecule has 4 aromatic rings. The van der Waals surface area contributed by atoms with Crippen LogP contribution in [0.15, 0.2) is 88.5 Å². The van der Waals surface area contributed by atoms with Gasteiger partial charge in [0.1, 0.15) is 0 Å². The number of carbonyl (C=O) groups is 1. The van der Waals surface area contributed by atoms with Gasteiger partial charge in [-0.25, -0.2) is 0 Å². The summed E-state index contributed by atoms with van der Waals surface area (Å²) in [5.74, 6) is 1.06. The van der Waals surface area contributed by atoms with Gasteiger partial charge in [-0.05, 0) is 48.9 Å². The van der Waals surface area contributed by atoms with E-state index < -0.39 is 0 Å². The summed E-state index contributed by atoms with van der Waals surface area (Å²) in [6, 6.07) is 24.9. The lowest BCUT2D eigenvalue weighted by Crippen LogP contribution is -2.11. The monoisotopic (exact) mass is 401 g/mol. The van der Waals surface area contributed by atoms with Gasteiger partial charge >= 0.3 is 0 Å². The van der Waals surface area contributed by atoms with E-state index in [4.69, 9.17) is 4.42 Å². The summed E-state index contributed by atoms with van der Waals surface area (Å²) in [5, 5.41) is 11.6. The van der Waals surface area contributed by atoms with Gasteiger partial charge in [-0.3, -0.25) is 4.79 Å². The molecule has 0 saturated heterocycles. The minimum Gasteiger partial charge on any atom is -0.411 e. The Balaban J connectivity index is 1.35. The van der Waals surface area contributed by atoms with E-state index in [9.17, 15) is 4.79 Å². The van der Waals surface area contributed by atoms with Crippen molar-refractivity contribution in [3.8, 4) is 11.5 Å². The van der Waals surface area contributed by atoms with Crippen molar-refractivity contribution in [3.05, 3.63) is 95.6 Å². The number of nitrogens with one attached hydrogen (secondary N) is 1. The number of hydrogen-bond acceptors (Lipinski definition) is 5. The third kappa shape index (κ3) is 4.92. The number of aromatic nitrogens is 2. The smallest absolute Gasteiger partial charge is 0.277 e. The molecule has 0 aliphatic carbocycles. The molecule has 29 heavy (non-hydrogen) atoms. The topological polar surface area (TPSA) is 68.0 Å². The van der Waals surface area contributed by atoms with Crippen LogP contribution in [0.1, 0.15) is 21.5 Å². The molecule has 0 fully saturated rings. The van der Waals surface area contributed by atoms with Crippen molar-refractivity contribution in [1.29, 1.82) is 0 Å². The Kier molecular flexibility index (Phi) is 5.72. The van der Waals surface area contributed by atoms with Crippen LogP contribution >= 0.6 is 11.8 Å². The minimum atomic E-state index is -0.130. The van der Waals surface area contributed by atoms with Crippen molar-refractivity contribution < 1.29 is 9.21 Å². The SMILES string of the molecule is Cc1ccc(-c2nnc(SCc3ccc(C(=O)Nc4ccccc4)cc3)o2)cc1. The lowest BCUT2D eigenvalue weighted by Gasteiger charge is -2.06. The summed E-state index contributed by atoms with van der Waals surface area (Å²) < 4.78 is 5.74. The lowest BCUT2D eigenvalue weighted by molar-refractivity contribution is 0.102. The first-order valence-corrected chi connectivity index (χ1v) is 10.1. The minimum absolute atomic E-state index is 0.130. The maximum atomic E-state index is 12.3. The van der Waals surface area contributed by atoms with Gasteiger partial charge < -0.3 is 9.73 Å². The molecular weight excluding hydrogens is 382 g/mol. The highest BCUT2D eigenvalue weighted by atomic mass is 32.2. The summed E-state index contributed by atoms with van der Waals surface area (Å²) in [7, 11) is 0. The van der Waals surface area contributed by atoms with Crippen LogP contribution in [0, 0.1) is 6.92 Å². The van der Waals surface area contributed by atoms with Crippen molar-refractivity contribution in [2.24, 2.45) is 0 Å². The maximum Gasteiger partial charge on any atom is 0.277 e. The van der Waals surface area contributed by atoms with Gasteiger partial charge in [-0.2, -0.15) is 0 Å². The molecule has 1 aromatic heterocycles. The van der Waals surface area contributed by atoms with E-state index in [0.29, 0.717) is 22.4 Å². The van der Waals surface area contributed by atoms with Gasteiger partial charge in [0.2, 0.25) is 5.89 Å². The zero-order valence-electron chi connectivity index (χ0n) is 15.8. The number of anilines is 1. The average molecular weight is 401 g/mol. The summed E-state index contributed by atoms with van der Waals surface area (Å²) in [6.07, 6.45) is 0. The fourth-order valence-corrected chi connectivity index (χ4v) is 3.42. The summed E-state index contributed by atoms with van der Waals surface area (Å²) in [5.41, 5.74) is 4.55. The molecule has 0 saturated carbocycles. The molecule has 0 unspecified atom stereocenters. The maximum absolute atomic E-state index is 12.3. The first-order valence-electron chi connectivity index (χ1n) is 9.16. The van der Waals surface area contributed by atoms with Crippen molar-refractivity contribution >= 4 is 23.4 Å². The fraction of sp³-hybridized carbons (Fsp3) is 0.0870. The molecule has 1 heterocycles. The molecule has 4 rings (SSSR count). The van der Waals surface area contributed by atoms with Gasteiger partial charge in [0.05, 0.1) is 0 Å². The summed E-state index contributed by atoms with van der Waals surface area (Å²) in [6.45, 7) is 2.04. The Morgan fingerprint density at radius 1 is 0.931 bits per heavy atom. The van der Waals surface area contributed by atoms with Crippen LogP contribution in [0.5, 0.6) is 0 Å². The molecule has 0 radical (unpaired) electrons. The standard InChI is InChI=1S/C23H19N3O2S/c1-16-7-11-19(12-8-16)22-25-26-23(28-22)29-15-17-9-13-18(14-10-17)21(27)24-20-5-3-2-4-6-20/h2-14H,15H2,1H3,(H,24,27). The lowest BCUT2D eigenvalue weighted by atomic mass is 10.1. The van der Waals surface area contributed by atoms with E-state index in [-0.39, 0.29) is 5.91 Å². The highest BCUT2D eigenvalue weighted by Crippen LogP contribution is 2.26. The molecule has 3 aromatic carbocycles. The Labute approximate surface area is 173 Å². The van der Waals surface area contributed by atoms with Crippen molar-refractivity contribution in [1.82, 2.24) is 10.2 Å². The van der Waals surface area contributed by atoms with E-state index in [0.717, 1.165) is 16.8 Å². The molecule has 144 valence electrons. The van der Waals surface area contributed by atoms with Crippen LogP contribution in [0.4, 0.5) is 5.69 Å². The molecular formula is C23H19N3O2S. The van der Waals surface area contributed by atoms with Crippen molar-refractivity contribution in [2.45, 2.75) is 17.9 Å². The summed E-state index contributed by atoms with van der Waals surface area (Å²) in [4.78, 5) is 12.3. The van der Waals surface area contributed by atoms with Gasteiger partial charge in [0, 0.05) is 22.6 Å². The number of carbonyl (C=O) groups excluding carboxylic acids is 1. The molecule has 0 aliphatic heterocycles. The number of aryl methyl sites for hydroxylation is 1. The van der Waals surface area contributed by atoms with Gasteiger partial charge in [0.15, 0.2) is 0 Å². The molecule has 1 amide bonds. The number of amides is 1. The second kappa shape index (κ2) is 8.75. The van der Waals surface area contributed by atoms with Crippen LogP contribution in [-0.4, -0.2) is 16.1 Å². The average Bonchev–Trinajstić information content (AvgIpc) is 3.23. The number of para-hydroxylation sites is 1. The van der Waals surface area contributed by atoms with E-state index in [1.54, 1.807) is 0 Å². The van der Waals surface area contributed by atoms with Crippen LogP contribution in [0.2, 0.25) is 0 Å². The fourth-order valence-electron chi connectivity index (χ4n) is 2.70. The second-order valence-corrected chi connectivity index (χ2v) is 7.47. The second-order valence-electron chi connectivity index (χ2n) is 6.54. The first-order chi connectivity index (χ1) is 14.2. The molecule has 0 aliphatic rings. The quantitative estimate of drug-likeness (QED) is 0.427. The Morgan fingerprint density at radius 2 is 1.66 bits per heavy atom. The third-order valence-corrected chi connectivity index (χ3v) is 5.20. The predicted octanol–water partition coefficient (Wildman–Crippen LogP) is 5.59. The number of hydrogen-bond donors (Lipinski definition) is 1. The Hall–Kier alpha value is -3.38. The van der Waals surface area contributed by atoms with Crippen LogP contribution < -0.4 is 5.32 Å². The van der Waals surface area contributed by atoms with Crippen molar-refractivity contribution in [3.63, 3.8) is 0 Å². The molecule has 1 N–H and O–H groups in total. The largest absolute Gasteiger partial charge is 0.411 e. The van der Waals surface area contributed by atoms with Crippen molar-refractivity contribution in [2.75, 3.05) is 5.32 Å². The van der Waals surface area contributed by atoms with E-state index in [2.05, 4.69) is 15.5 Å². The van der Waals surface area contributed by atoms with Crippen LogP contribution in [-0.2, 0) is 5.75 Å².